The minimum atomic E-state index is -0.0796. The predicted molar refractivity (Wildman–Crippen MR) is 86.3 cm³/mol. The van der Waals surface area contributed by atoms with Crippen molar-refractivity contribution in [3.8, 4) is 5.75 Å². The predicted octanol–water partition coefficient (Wildman–Crippen LogP) is 3.08. The van der Waals surface area contributed by atoms with Gasteiger partial charge >= 0.3 is 0 Å². The van der Waals surface area contributed by atoms with Crippen molar-refractivity contribution in [2.75, 3.05) is 20.7 Å². The molecule has 3 nitrogen and oxygen atoms in total. The lowest BCUT2D eigenvalue weighted by Crippen LogP contribution is -2.50. The van der Waals surface area contributed by atoms with Crippen LogP contribution >= 0.6 is 0 Å². The Bertz CT molecular complexity index is 402. The number of nitrogens with zero attached hydrogens (tertiary/aromatic N) is 1. The van der Waals surface area contributed by atoms with E-state index >= 15 is 0 Å². The number of ether oxygens (including phenoxy) is 1. The quantitative estimate of drug-likeness (QED) is 0.794. The average Bonchev–Trinajstić information content (AvgIpc) is 2.47. The summed E-state index contributed by atoms with van der Waals surface area (Å²) in [5, 5.41) is 0. The van der Waals surface area contributed by atoms with E-state index < -0.39 is 0 Å². The summed E-state index contributed by atoms with van der Waals surface area (Å²) >= 11 is 0. The van der Waals surface area contributed by atoms with Crippen molar-refractivity contribution in [1.29, 1.82) is 0 Å². The van der Waals surface area contributed by atoms with Crippen LogP contribution in [0.4, 0.5) is 0 Å². The van der Waals surface area contributed by atoms with Crippen LogP contribution in [0.25, 0.3) is 0 Å². The van der Waals surface area contributed by atoms with E-state index in [-0.39, 0.29) is 5.54 Å². The number of methoxy groups -OCH3 is 1. The second-order valence-corrected chi connectivity index (χ2v) is 5.85. The van der Waals surface area contributed by atoms with Gasteiger partial charge in [-0.15, -0.1) is 0 Å². The van der Waals surface area contributed by atoms with Gasteiger partial charge in [0, 0.05) is 18.1 Å². The Morgan fingerprint density at radius 3 is 2.40 bits per heavy atom. The van der Waals surface area contributed by atoms with Crippen LogP contribution in [-0.4, -0.2) is 37.2 Å². The van der Waals surface area contributed by atoms with E-state index in [1.54, 1.807) is 7.11 Å². The highest BCUT2D eigenvalue weighted by Crippen LogP contribution is 2.21. The molecule has 1 aromatic rings. The van der Waals surface area contributed by atoms with Crippen molar-refractivity contribution < 1.29 is 4.74 Å². The molecule has 0 spiro atoms. The van der Waals surface area contributed by atoms with Gasteiger partial charge in [0.1, 0.15) is 5.75 Å². The van der Waals surface area contributed by atoms with Crippen molar-refractivity contribution >= 4 is 0 Å². The monoisotopic (exact) mass is 278 g/mol. The normalized spacial score (nSPS) is 13.6. The fraction of sp³-hybridized carbons (Fsp3) is 0.647. The van der Waals surface area contributed by atoms with Crippen molar-refractivity contribution in [3.05, 3.63) is 29.8 Å². The summed E-state index contributed by atoms with van der Waals surface area (Å²) in [7, 11) is 3.89. The Morgan fingerprint density at radius 1 is 1.25 bits per heavy atom. The first-order valence-corrected chi connectivity index (χ1v) is 7.56. The van der Waals surface area contributed by atoms with Crippen LogP contribution in [0.5, 0.6) is 5.75 Å². The van der Waals surface area contributed by atoms with Gasteiger partial charge in [0.25, 0.3) is 0 Å². The first kappa shape index (κ1) is 17.0. The number of nitrogens with two attached hydrogens (primary N) is 1. The smallest absolute Gasteiger partial charge is 0.122 e. The maximum Gasteiger partial charge on any atom is 0.122 e. The molecule has 20 heavy (non-hydrogen) atoms. The van der Waals surface area contributed by atoms with Gasteiger partial charge in [0.05, 0.1) is 7.11 Å². The van der Waals surface area contributed by atoms with Gasteiger partial charge in [-0.3, -0.25) is 0 Å². The molecule has 0 bridgehead atoms. The highest BCUT2D eigenvalue weighted by Gasteiger charge is 2.24. The van der Waals surface area contributed by atoms with Gasteiger partial charge in [-0.25, -0.2) is 0 Å². The van der Waals surface area contributed by atoms with E-state index in [1.807, 2.05) is 12.1 Å². The second kappa shape index (κ2) is 7.65. The van der Waals surface area contributed by atoms with E-state index in [4.69, 9.17) is 10.5 Å². The first-order chi connectivity index (χ1) is 9.45. The van der Waals surface area contributed by atoms with Gasteiger partial charge in [-0.05, 0) is 44.9 Å². The molecule has 0 aliphatic rings. The summed E-state index contributed by atoms with van der Waals surface area (Å²) in [5.41, 5.74) is 7.59. The minimum Gasteiger partial charge on any atom is -0.496 e. The van der Waals surface area contributed by atoms with Gasteiger partial charge in [0.15, 0.2) is 0 Å². The van der Waals surface area contributed by atoms with E-state index in [0.717, 1.165) is 31.6 Å². The molecule has 114 valence electrons. The first-order valence-electron chi connectivity index (χ1n) is 7.56. The molecule has 3 heteroatoms. The number of rotatable bonds is 8. The maximum absolute atomic E-state index is 6.42. The molecule has 0 aliphatic carbocycles. The summed E-state index contributed by atoms with van der Waals surface area (Å²) in [6.45, 7) is 7.51. The Labute approximate surface area is 124 Å². The van der Waals surface area contributed by atoms with E-state index in [0.29, 0.717) is 6.04 Å². The molecular formula is C17H30N2O. The summed E-state index contributed by atoms with van der Waals surface area (Å²) in [6.07, 6.45) is 2.99. The molecule has 0 fully saturated rings. The third-order valence-electron chi connectivity index (χ3n) is 4.43. The zero-order chi connectivity index (χ0) is 15.2. The third kappa shape index (κ3) is 4.50. The molecule has 2 N–H and O–H groups in total. The maximum atomic E-state index is 6.42. The Kier molecular flexibility index (Phi) is 6.50. The Balaban J connectivity index is 2.68. The lowest BCUT2D eigenvalue weighted by atomic mass is 9.92. The summed E-state index contributed by atoms with van der Waals surface area (Å²) in [5.74, 6) is 0.970. The number of para-hydroxylation sites is 1. The molecule has 0 saturated carbocycles. The van der Waals surface area contributed by atoms with Crippen LogP contribution in [0.2, 0.25) is 0 Å². The molecule has 1 aromatic carbocycles. The summed E-state index contributed by atoms with van der Waals surface area (Å²) in [6, 6.07) is 8.67. The average molecular weight is 278 g/mol. The second-order valence-electron chi connectivity index (χ2n) is 5.85. The number of hydrogen-bond acceptors (Lipinski definition) is 3. The summed E-state index contributed by atoms with van der Waals surface area (Å²) in [4.78, 5) is 2.36. The van der Waals surface area contributed by atoms with Crippen molar-refractivity contribution in [2.45, 2.75) is 51.6 Å². The SMILES string of the molecule is CCC(N)(CC)CN(C)C(C)Cc1ccccc1OC. The highest BCUT2D eigenvalue weighted by molar-refractivity contribution is 5.33. The fourth-order valence-corrected chi connectivity index (χ4v) is 2.47. The van der Waals surface area contributed by atoms with Gasteiger partial charge in [-0.2, -0.15) is 0 Å². The van der Waals surface area contributed by atoms with Crippen molar-refractivity contribution in [1.82, 2.24) is 4.90 Å². The van der Waals surface area contributed by atoms with Crippen LogP contribution < -0.4 is 10.5 Å². The van der Waals surface area contributed by atoms with Crippen LogP contribution in [0.1, 0.15) is 39.2 Å². The van der Waals surface area contributed by atoms with Crippen LogP contribution in [0.3, 0.4) is 0 Å². The standard InChI is InChI=1S/C17H30N2O/c1-6-17(18,7-2)13-19(4)14(3)12-15-10-8-9-11-16(15)20-5/h8-11,14H,6-7,12-13,18H2,1-5H3. The van der Waals surface area contributed by atoms with Crippen LogP contribution in [0.15, 0.2) is 24.3 Å². The van der Waals surface area contributed by atoms with Crippen LogP contribution in [0, 0.1) is 0 Å². The Hall–Kier alpha value is -1.06. The number of likely N-dealkylation sites (N-methyl/N-ethyl adjacent to an activating group) is 1. The third-order valence-corrected chi connectivity index (χ3v) is 4.43. The van der Waals surface area contributed by atoms with E-state index in [2.05, 4.69) is 44.9 Å². The molecule has 0 aromatic heterocycles. The number of hydrogen-bond donors (Lipinski definition) is 1. The van der Waals surface area contributed by atoms with Crippen molar-refractivity contribution in [2.24, 2.45) is 5.73 Å². The molecule has 0 amide bonds. The van der Waals surface area contributed by atoms with Crippen molar-refractivity contribution in [3.63, 3.8) is 0 Å². The van der Waals surface area contributed by atoms with Gasteiger partial charge < -0.3 is 15.4 Å². The largest absolute Gasteiger partial charge is 0.496 e. The zero-order valence-corrected chi connectivity index (χ0v) is 13.6. The topological polar surface area (TPSA) is 38.5 Å². The van der Waals surface area contributed by atoms with E-state index in [1.165, 1.54) is 5.56 Å². The molecule has 1 rings (SSSR count). The molecule has 1 unspecified atom stereocenters. The number of benzene rings is 1. The highest BCUT2D eigenvalue weighted by atomic mass is 16.5. The minimum absolute atomic E-state index is 0.0796. The van der Waals surface area contributed by atoms with Gasteiger partial charge in [-0.1, -0.05) is 32.0 Å². The fourth-order valence-electron chi connectivity index (χ4n) is 2.47. The Morgan fingerprint density at radius 2 is 1.85 bits per heavy atom. The molecule has 0 saturated heterocycles. The summed E-state index contributed by atoms with van der Waals surface area (Å²) < 4.78 is 5.43. The van der Waals surface area contributed by atoms with Gasteiger partial charge in [0.2, 0.25) is 0 Å². The van der Waals surface area contributed by atoms with E-state index in [9.17, 15) is 0 Å². The molecule has 0 heterocycles. The molecule has 0 aliphatic heterocycles. The molecule has 1 atom stereocenters. The lowest BCUT2D eigenvalue weighted by molar-refractivity contribution is 0.187. The molecule has 0 radical (unpaired) electrons. The van der Waals surface area contributed by atoms with Crippen LogP contribution in [-0.2, 0) is 6.42 Å². The lowest BCUT2D eigenvalue weighted by Gasteiger charge is -2.35. The molecular weight excluding hydrogens is 248 g/mol. The zero-order valence-electron chi connectivity index (χ0n) is 13.6.